The predicted octanol–water partition coefficient (Wildman–Crippen LogP) is 4.17. The summed E-state index contributed by atoms with van der Waals surface area (Å²) in [6.07, 6.45) is 1.64. The summed E-state index contributed by atoms with van der Waals surface area (Å²) in [7, 11) is 0. The maximum atomic E-state index is 11.3. The number of benzene rings is 2. The van der Waals surface area contributed by atoms with Gasteiger partial charge in [-0.25, -0.2) is 0 Å². The van der Waals surface area contributed by atoms with E-state index in [1.54, 1.807) is 0 Å². The monoisotopic (exact) mass is 258 g/mol. The minimum absolute atomic E-state index is 0.134. The van der Waals surface area contributed by atoms with E-state index in [9.17, 15) is 4.79 Å². The second-order valence-electron chi connectivity index (χ2n) is 4.45. The van der Waals surface area contributed by atoms with Crippen LogP contribution in [0.15, 0.2) is 48.5 Å². The molecule has 0 saturated heterocycles. The average molecular weight is 259 g/mol. The van der Waals surface area contributed by atoms with E-state index in [4.69, 9.17) is 11.6 Å². The van der Waals surface area contributed by atoms with Crippen LogP contribution in [-0.4, -0.2) is 6.29 Å². The SMILES string of the molecule is Cc1cccc(C(C=O)Cc2ccccc2Cl)c1. The Hall–Kier alpha value is -1.60. The molecule has 0 radical (unpaired) electrons. The van der Waals surface area contributed by atoms with Crippen LogP contribution in [0.5, 0.6) is 0 Å². The average Bonchev–Trinajstić information content (AvgIpc) is 2.38. The van der Waals surface area contributed by atoms with Crippen LogP contribution in [0.3, 0.4) is 0 Å². The lowest BCUT2D eigenvalue weighted by molar-refractivity contribution is -0.109. The third kappa shape index (κ3) is 2.99. The fourth-order valence-electron chi connectivity index (χ4n) is 2.05. The number of hydrogen-bond donors (Lipinski definition) is 0. The molecule has 0 aliphatic rings. The fraction of sp³-hybridized carbons (Fsp3) is 0.188. The maximum absolute atomic E-state index is 11.3. The van der Waals surface area contributed by atoms with Crippen LogP contribution in [0.1, 0.15) is 22.6 Å². The van der Waals surface area contributed by atoms with Gasteiger partial charge in [-0.15, -0.1) is 0 Å². The van der Waals surface area contributed by atoms with Crippen LogP contribution in [0.25, 0.3) is 0 Å². The Kier molecular flexibility index (Phi) is 4.16. The number of aryl methyl sites for hydroxylation is 1. The summed E-state index contributed by atoms with van der Waals surface area (Å²) < 4.78 is 0. The Bertz CT molecular complexity index is 548. The van der Waals surface area contributed by atoms with Gasteiger partial charge < -0.3 is 4.79 Å². The first-order valence-electron chi connectivity index (χ1n) is 5.96. The van der Waals surface area contributed by atoms with Gasteiger partial charge in [-0.05, 0) is 30.5 Å². The standard InChI is InChI=1S/C16H15ClO/c1-12-5-4-7-13(9-12)15(11-18)10-14-6-2-3-8-16(14)17/h2-9,11,15H,10H2,1H3. The Morgan fingerprint density at radius 3 is 2.61 bits per heavy atom. The van der Waals surface area contributed by atoms with Crippen molar-refractivity contribution in [3.63, 3.8) is 0 Å². The van der Waals surface area contributed by atoms with E-state index in [0.717, 1.165) is 22.4 Å². The van der Waals surface area contributed by atoms with Gasteiger partial charge in [0, 0.05) is 10.9 Å². The van der Waals surface area contributed by atoms with Crippen LogP contribution in [0, 0.1) is 6.92 Å². The van der Waals surface area contributed by atoms with Crippen molar-refractivity contribution in [1.82, 2.24) is 0 Å². The minimum Gasteiger partial charge on any atom is -0.303 e. The molecule has 1 nitrogen and oxygen atoms in total. The van der Waals surface area contributed by atoms with Crippen LogP contribution < -0.4 is 0 Å². The molecule has 0 N–H and O–H groups in total. The van der Waals surface area contributed by atoms with Crippen LogP contribution in [0.2, 0.25) is 5.02 Å². The molecular formula is C16H15ClO. The Balaban J connectivity index is 2.25. The van der Waals surface area contributed by atoms with E-state index in [1.165, 1.54) is 5.56 Å². The number of halogens is 1. The van der Waals surface area contributed by atoms with E-state index in [2.05, 4.69) is 6.07 Å². The van der Waals surface area contributed by atoms with Gasteiger partial charge in [0.2, 0.25) is 0 Å². The van der Waals surface area contributed by atoms with Gasteiger partial charge in [0.1, 0.15) is 6.29 Å². The highest BCUT2D eigenvalue weighted by molar-refractivity contribution is 6.31. The predicted molar refractivity (Wildman–Crippen MR) is 75.1 cm³/mol. The largest absolute Gasteiger partial charge is 0.303 e. The zero-order valence-corrected chi connectivity index (χ0v) is 11.0. The van der Waals surface area contributed by atoms with Crippen molar-refractivity contribution >= 4 is 17.9 Å². The number of carbonyl (C=O) groups excluding carboxylic acids is 1. The molecule has 1 atom stereocenters. The Morgan fingerprint density at radius 1 is 1.17 bits per heavy atom. The van der Waals surface area contributed by atoms with Gasteiger partial charge in [0.15, 0.2) is 0 Å². The number of carbonyl (C=O) groups is 1. The normalized spacial score (nSPS) is 12.1. The first-order valence-corrected chi connectivity index (χ1v) is 6.34. The van der Waals surface area contributed by atoms with E-state index in [1.807, 2.05) is 49.4 Å². The van der Waals surface area contributed by atoms with Gasteiger partial charge in [0.25, 0.3) is 0 Å². The van der Waals surface area contributed by atoms with E-state index in [-0.39, 0.29) is 5.92 Å². The highest BCUT2D eigenvalue weighted by Gasteiger charge is 2.13. The molecule has 0 spiro atoms. The second kappa shape index (κ2) is 5.83. The maximum Gasteiger partial charge on any atom is 0.127 e. The molecule has 0 fully saturated rings. The summed E-state index contributed by atoms with van der Waals surface area (Å²) >= 11 is 6.13. The summed E-state index contributed by atoms with van der Waals surface area (Å²) in [5.41, 5.74) is 3.22. The topological polar surface area (TPSA) is 17.1 Å². The summed E-state index contributed by atoms with van der Waals surface area (Å²) in [5, 5.41) is 0.719. The summed E-state index contributed by atoms with van der Waals surface area (Å²) in [5.74, 6) is -0.134. The van der Waals surface area contributed by atoms with Crippen molar-refractivity contribution < 1.29 is 4.79 Å². The van der Waals surface area contributed by atoms with E-state index in [0.29, 0.717) is 6.42 Å². The van der Waals surface area contributed by atoms with Gasteiger partial charge in [-0.1, -0.05) is 59.6 Å². The molecule has 0 heterocycles. The smallest absolute Gasteiger partial charge is 0.127 e. The molecule has 2 heteroatoms. The van der Waals surface area contributed by atoms with E-state index < -0.39 is 0 Å². The molecule has 0 aliphatic carbocycles. The number of hydrogen-bond acceptors (Lipinski definition) is 1. The number of aldehydes is 1. The van der Waals surface area contributed by atoms with Crippen molar-refractivity contribution in [2.75, 3.05) is 0 Å². The molecular weight excluding hydrogens is 244 g/mol. The molecule has 2 aromatic rings. The highest BCUT2D eigenvalue weighted by Crippen LogP contribution is 2.24. The summed E-state index contributed by atoms with van der Waals surface area (Å²) in [6.45, 7) is 2.03. The van der Waals surface area contributed by atoms with Gasteiger partial charge in [0.05, 0.1) is 0 Å². The first-order chi connectivity index (χ1) is 8.70. The lowest BCUT2D eigenvalue weighted by atomic mass is 9.92. The highest BCUT2D eigenvalue weighted by atomic mass is 35.5. The van der Waals surface area contributed by atoms with Crippen LogP contribution in [0.4, 0.5) is 0 Å². The van der Waals surface area contributed by atoms with Crippen LogP contribution >= 0.6 is 11.6 Å². The quantitative estimate of drug-likeness (QED) is 0.752. The molecule has 0 bridgehead atoms. The first kappa shape index (κ1) is 12.8. The van der Waals surface area contributed by atoms with Crippen molar-refractivity contribution in [3.8, 4) is 0 Å². The third-order valence-corrected chi connectivity index (χ3v) is 3.40. The van der Waals surface area contributed by atoms with Crippen molar-refractivity contribution in [2.45, 2.75) is 19.3 Å². The zero-order chi connectivity index (χ0) is 13.0. The van der Waals surface area contributed by atoms with Gasteiger partial charge in [-0.3, -0.25) is 0 Å². The van der Waals surface area contributed by atoms with Crippen molar-refractivity contribution in [3.05, 3.63) is 70.2 Å². The van der Waals surface area contributed by atoms with Crippen LogP contribution in [-0.2, 0) is 11.2 Å². The molecule has 2 rings (SSSR count). The third-order valence-electron chi connectivity index (χ3n) is 3.03. The Labute approximate surface area is 112 Å². The number of rotatable bonds is 4. The van der Waals surface area contributed by atoms with Gasteiger partial charge >= 0.3 is 0 Å². The molecule has 0 aliphatic heterocycles. The van der Waals surface area contributed by atoms with Crippen molar-refractivity contribution in [2.24, 2.45) is 0 Å². The fourth-order valence-corrected chi connectivity index (χ4v) is 2.26. The molecule has 18 heavy (non-hydrogen) atoms. The molecule has 0 amide bonds. The van der Waals surface area contributed by atoms with Gasteiger partial charge in [-0.2, -0.15) is 0 Å². The minimum atomic E-state index is -0.134. The molecule has 0 saturated carbocycles. The Morgan fingerprint density at radius 2 is 1.94 bits per heavy atom. The van der Waals surface area contributed by atoms with Crippen molar-refractivity contribution in [1.29, 1.82) is 0 Å². The summed E-state index contributed by atoms with van der Waals surface area (Å²) in [6, 6.07) is 15.7. The lowest BCUT2D eigenvalue weighted by Gasteiger charge is -2.12. The molecule has 2 aromatic carbocycles. The zero-order valence-electron chi connectivity index (χ0n) is 10.3. The lowest BCUT2D eigenvalue weighted by Crippen LogP contribution is -2.05. The van der Waals surface area contributed by atoms with E-state index >= 15 is 0 Å². The molecule has 92 valence electrons. The summed E-state index contributed by atoms with van der Waals surface area (Å²) in [4.78, 5) is 11.3. The molecule has 0 aromatic heterocycles. The second-order valence-corrected chi connectivity index (χ2v) is 4.86. The molecule has 1 unspecified atom stereocenters.